The molecule has 1 aromatic carbocycles. The van der Waals surface area contributed by atoms with Gasteiger partial charge in [0.25, 0.3) is 5.91 Å². The molecule has 2 rings (SSSR count). The van der Waals surface area contributed by atoms with Crippen molar-refractivity contribution in [1.82, 2.24) is 5.32 Å². The molecule has 1 aliphatic heterocycles. The summed E-state index contributed by atoms with van der Waals surface area (Å²) in [4.78, 5) is 26.6. The number of carbonyl (C=O) groups is 2. The van der Waals surface area contributed by atoms with Crippen LogP contribution in [-0.4, -0.2) is 23.4 Å². The Labute approximate surface area is 134 Å². The largest absolute Gasteiger partial charge is 0.340 e. The molecule has 1 atom stereocenters. The summed E-state index contributed by atoms with van der Waals surface area (Å²) in [5, 5.41) is 3.54. The van der Waals surface area contributed by atoms with Crippen molar-refractivity contribution in [2.45, 2.75) is 39.3 Å². The summed E-state index contributed by atoms with van der Waals surface area (Å²) in [6.45, 7) is 7.18. The zero-order chi connectivity index (χ0) is 15.9. The number of hydrogen-bond donors (Lipinski definition) is 1. The third kappa shape index (κ3) is 2.87. The van der Waals surface area contributed by atoms with E-state index in [1.54, 1.807) is 32.0 Å². The van der Waals surface area contributed by atoms with Crippen LogP contribution in [0.15, 0.2) is 18.2 Å². The maximum atomic E-state index is 12.7. The summed E-state index contributed by atoms with van der Waals surface area (Å²) in [5.41, 5.74) is -0.370. The normalized spacial score (nSPS) is 21.7. The maximum absolute atomic E-state index is 12.7. The van der Waals surface area contributed by atoms with Crippen LogP contribution >= 0.6 is 23.2 Å². The highest BCUT2D eigenvalue weighted by Crippen LogP contribution is 2.33. The number of piperazine rings is 1. The van der Waals surface area contributed by atoms with E-state index in [0.717, 1.165) is 0 Å². The Morgan fingerprint density at radius 3 is 2.33 bits per heavy atom. The van der Waals surface area contributed by atoms with Gasteiger partial charge in [-0.15, -0.1) is 0 Å². The SMILES string of the molecule is CC(C)C1C(=O)NC(C)(C)C(=O)N1c1ccc(Cl)c(Cl)c1. The van der Waals surface area contributed by atoms with Gasteiger partial charge in [-0.1, -0.05) is 37.0 Å². The minimum absolute atomic E-state index is 0.0282. The number of anilines is 1. The lowest BCUT2D eigenvalue weighted by molar-refractivity contribution is -0.138. The van der Waals surface area contributed by atoms with Gasteiger partial charge in [-0.05, 0) is 38.0 Å². The molecular formula is C15H18Cl2N2O2. The van der Waals surface area contributed by atoms with E-state index in [9.17, 15) is 9.59 Å². The van der Waals surface area contributed by atoms with Gasteiger partial charge in [0, 0.05) is 5.69 Å². The lowest BCUT2D eigenvalue weighted by Crippen LogP contribution is -2.69. The lowest BCUT2D eigenvalue weighted by atomic mass is 9.91. The number of halogens is 2. The number of nitrogens with one attached hydrogen (secondary N) is 1. The van der Waals surface area contributed by atoms with Crippen LogP contribution in [-0.2, 0) is 9.59 Å². The first-order valence-electron chi connectivity index (χ1n) is 6.76. The second-order valence-corrected chi connectivity index (χ2v) is 6.89. The molecule has 1 aliphatic rings. The molecule has 0 aromatic heterocycles. The number of amides is 2. The van der Waals surface area contributed by atoms with Crippen molar-refractivity contribution in [3.05, 3.63) is 28.2 Å². The molecule has 0 aliphatic carbocycles. The Kier molecular flexibility index (Phi) is 4.22. The van der Waals surface area contributed by atoms with Crippen molar-refractivity contribution in [3.8, 4) is 0 Å². The molecule has 114 valence electrons. The molecule has 1 N–H and O–H groups in total. The summed E-state index contributed by atoms with van der Waals surface area (Å²) in [7, 11) is 0. The van der Waals surface area contributed by atoms with Crippen LogP contribution in [0, 0.1) is 5.92 Å². The fraction of sp³-hybridized carbons (Fsp3) is 0.467. The van der Waals surface area contributed by atoms with E-state index >= 15 is 0 Å². The Bertz CT molecular complexity index is 599. The molecular weight excluding hydrogens is 311 g/mol. The molecule has 0 spiro atoms. The highest BCUT2D eigenvalue weighted by atomic mass is 35.5. The molecule has 1 heterocycles. The van der Waals surface area contributed by atoms with Gasteiger partial charge >= 0.3 is 0 Å². The summed E-state index contributed by atoms with van der Waals surface area (Å²) in [6, 6.07) is 4.38. The number of carbonyl (C=O) groups excluding carboxylic acids is 2. The van der Waals surface area contributed by atoms with Crippen LogP contribution in [0.3, 0.4) is 0 Å². The van der Waals surface area contributed by atoms with Crippen molar-refractivity contribution in [2.24, 2.45) is 5.92 Å². The number of benzene rings is 1. The third-order valence-electron chi connectivity index (χ3n) is 3.55. The van der Waals surface area contributed by atoms with Crippen LogP contribution in [0.4, 0.5) is 5.69 Å². The first-order chi connectivity index (χ1) is 9.65. The molecule has 0 saturated carbocycles. The predicted molar refractivity (Wildman–Crippen MR) is 84.8 cm³/mol. The average Bonchev–Trinajstić information content (AvgIpc) is 2.36. The van der Waals surface area contributed by atoms with Crippen LogP contribution in [0.5, 0.6) is 0 Å². The predicted octanol–water partition coefficient (Wildman–Crippen LogP) is 3.26. The topological polar surface area (TPSA) is 49.4 Å². The molecule has 1 unspecified atom stereocenters. The van der Waals surface area contributed by atoms with E-state index in [1.807, 2.05) is 13.8 Å². The first kappa shape index (κ1) is 16.1. The van der Waals surface area contributed by atoms with Gasteiger partial charge in [0.2, 0.25) is 5.91 Å². The van der Waals surface area contributed by atoms with Crippen LogP contribution in [0.2, 0.25) is 10.0 Å². The van der Waals surface area contributed by atoms with Crippen molar-refractivity contribution in [3.63, 3.8) is 0 Å². The monoisotopic (exact) mass is 328 g/mol. The van der Waals surface area contributed by atoms with Crippen molar-refractivity contribution in [1.29, 1.82) is 0 Å². The quantitative estimate of drug-likeness (QED) is 0.905. The van der Waals surface area contributed by atoms with Gasteiger partial charge in [0.05, 0.1) is 10.0 Å². The Hall–Kier alpha value is -1.26. The Balaban J connectivity index is 2.55. The van der Waals surface area contributed by atoms with E-state index < -0.39 is 11.6 Å². The highest BCUT2D eigenvalue weighted by molar-refractivity contribution is 6.42. The number of hydrogen-bond acceptors (Lipinski definition) is 2. The molecule has 1 fully saturated rings. The van der Waals surface area contributed by atoms with Gasteiger partial charge in [-0.2, -0.15) is 0 Å². The summed E-state index contributed by atoms with van der Waals surface area (Å²) in [6.07, 6.45) is 0. The molecule has 1 aromatic rings. The lowest BCUT2D eigenvalue weighted by Gasteiger charge is -2.44. The van der Waals surface area contributed by atoms with E-state index in [0.29, 0.717) is 15.7 Å². The molecule has 0 radical (unpaired) electrons. The molecule has 4 nitrogen and oxygen atoms in total. The number of nitrogens with zero attached hydrogens (tertiary/aromatic N) is 1. The van der Waals surface area contributed by atoms with Gasteiger partial charge < -0.3 is 5.32 Å². The van der Waals surface area contributed by atoms with Gasteiger partial charge in [-0.3, -0.25) is 14.5 Å². The molecule has 6 heteroatoms. The number of rotatable bonds is 2. The molecule has 1 saturated heterocycles. The third-order valence-corrected chi connectivity index (χ3v) is 4.29. The summed E-state index contributed by atoms with van der Waals surface area (Å²) >= 11 is 12.0. The summed E-state index contributed by atoms with van der Waals surface area (Å²) < 4.78 is 0. The first-order valence-corrected chi connectivity index (χ1v) is 7.51. The molecule has 2 amide bonds. The standard InChI is InChI=1S/C15H18Cl2N2O2/c1-8(2)12-13(20)18-15(3,4)14(21)19(12)9-5-6-10(16)11(17)7-9/h5-8,12H,1-4H3,(H,18,20). The van der Waals surface area contributed by atoms with E-state index in [1.165, 1.54) is 4.90 Å². The van der Waals surface area contributed by atoms with Crippen LogP contribution in [0.1, 0.15) is 27.7 Å². The fourth-order valence-corrected chi connectivity index (χ4v) is 2.79. The second-order valence-electron chi connectivity index (χ2n) is 6.08. The smallest absolute Gasteiger partial charge is 0.252 e. The van der Waals surface area contributed by atoms with Crippen LogP contribution < -0.4 is 10.2 Å². The second kappa shape index (κ2) is 5.50. The van der Waals surface area contributed by atoms with Crippen LogP contribution in [0.25, 0.3) is 0 Å². The minimum Gasteiger partial charge on any atom is -0.340 e. The van der Waals surface area contributed by atoms with E-state index in [4.69, 9.17) is 23.2 Å². The van der Waals surface area contributed by atoms with E-state index in [-0.39, 0.29) is 17.7 Å². The minimum atomic E-state index is -0.950. The van der Waals surface area contributed by atoms with Crippen molar-refractivity contribution < 1.29 is 9.59 Å². The van der Waals surface area contributed by atoms with Gasteiger partial charge in [-0.25, -0.2) is 0 Å². The Morgan fingerprint density at radius 2 is 1.81 bits per heavy atom. The van der Waals surface area contributed by atoms with Gasteiger partial charge in [0.15, 0.2) is 0 Å². The average molecular weight is 329 g/mol. The fourth-order valence-electron chi connectivity index (χ4n) is 2.49. The van der Waals surface area contributed by atoms with Crippen molar-refractivity contribution >= 4 is 40.7 Å². The summed E-state index contributed by atoms with van der Waals surface area (Å²) in [5.74, 6) is -0.362. The highest BCUT2D eigenvalue weighted by Gasteiger charge is 2.47. The zero-order valence-electron chi connectivity index (χ0n) is 12.4. The maximum Gasteiger partial charge on any atom is 0.252 e. The zero-order valence-corrected chi connectivity index (χ0v) is 13.9. The van der Waals surface area contributed by atoms with Gasteiger partial charge in [0.1, 0.15) is 11.6 Å². The molecule has 0 bridgehead atoms. The Morgan fingerprint density at radius 1 is 1.19 bits per heavy atom. The van der Waals surface area contributed by atoms with E-state index in [2.05, 4.69) is 5.32 Å². The van der Waals surface area contributed by atoms with Crippen molar-refractivity contribution in [2.75, 3.05) is 4.90 Å². The molecule has 21 heavy (non-hydrogen) atoms.